The van der Waals surface area contributed by atoms with Gasteiger partial charge in [-0.15, -0.1) is 0 Å². The summed E-state index contributed by atoms with van der Waals surface area (Å²) in [6, 6.07) is 36.4. The molecule has 13 rings (SSSR count). The summed E-state index contributed by atoms with van der Waals surface area (Å²) in [5, 5.41) is 10.7. The molecule has 8 fully saturated rings. The summed E-state index contributed by atoms with van der Waals surface area (Å²) in [6.07, 6.45) is 18.1. The van der Waals surface area contributed by atoms with Gasteiger partial charge < -0.3 is 10.1 Å². The van der Waals surface area contributed by atoms with E-state index < -0.39 is 7.92 Å². The second-order valence-corrected chi connectivity index (χ2v) is 22.4. The first kappa shape index (κ1) is 29.1. The molecule has 4 aromatic carbocycles. The van der Waals surface area contributed by atoms with Gasteiger partial charge in [-0.05, 0) is 160 Å². The van der Waals surface area contributed by atoms with Gasteiger partial charge >= 0.3 is 0 Å². The number of nitrogens with one attached hydrogen (secondary N) is 1. The van der Waals surface area contributed by atoms with Crippen molar-refractivity contribution in [3.63, 3.8) is 0 Å². The number of anilines is 2. The molecule has 1 aliphatic heterocycles. The van der Waals surface area contributed by atoms with E-state index in [0.29, 0.717) is 10.3 Å². The van der Waals surface area contributed by atoms with Crippen LogP contribution in [-0.2, 0) is 0 Å². The Morgan fingerprint density at radius 1 is 0.458 bits per heavy atom. The second kappa shape index (κ2) is 10.9. The van der Waals surface area contributed by atoms with E-state index in [4.69, 9.17) is 4.74 Å². The number of para-hydroxylation sites is 2. The highest BCUT2D eigenvalue weighted by Gasteiger charge is 2.63. The van der Waals surface area contributed by atoms with Gasteiger partial charge in [-0.1, -0.05) is 86.8 Å². The summed E-state index contributed by atoms with van der Waals surface area (Å²) >= 11 is 0. The molecule has 0 amide bonds. The van der Waals surface area contributed by atoms with Gasteiger partial charge in [0.2, 0.25) is 0 Å². The van der Waals surface area contributed by atoms with Crippen molar-refractivity contribution in [1.82, 2.24) is 0 Å². The molecule has 0 aromatic heterocycles. The zero-order valence-electron chi connectivity index (χ0n) is 28.0. The first-order valence-electron chi connectivity index (χ1n) is 19.0. The van der Waals surface area contributed by atoms with Crippen molar-refractivity contribution < 1.29 is 4.74 Å². The minimum atomic E-state index is -0.779. The van der Waals surface area contributed by atoms with E-state index in [0.717, 1.165) is 46.9 Å². The predicted molar refractivity (Wildman–Crippen MR) is 203 cm³/mol. The molecule has 48 heavy (non-hydrogen) atoms. The van der Waals surface area contributed by atoms with Crippen LogP contribution < -0.4 is 31.3 Å². The van der Waals surface area contributed by atoms with Crippen molar-refractivity contribution in [1.29, 1.82) is 0 Å². The van der Waals surface area contributed by atoms with Crippen molar-refractivity contribution in [2.45, 2.75) is 87.4 Å². The molecule has 9 aliphatic rings. The van der Waals surface area contributed by atoms with Crippen LogP contribution in [0, 0.1) is 35.5 Å². The molecular weight excluding hydrogens is 620 g/mol. The molecule has 8 saturated carbocycles. The van der Waals surface area contributed by atoms with Crippen LogP contribution in [0.2, 0.25) is 0 Å². The van der Waals surface area contributed by atoms with Gasteiger partial charge in [0.15, 0.2) is 11.5 Å². The highest BCUT2D eigenvalue weighted by Crippen LogP contribution is 2.79. The van der Waals surface area contributed by atoms with Crippen molar-refractivity contribution in [3.05, 3.63) is 97.1 Å². The van der Waals surface area contributed by atoms with E-state index in [2.05, 4.69) is 102 Å². The fourth-order valence-corrected chi connectivity index (χ4v) is 21.0. The van der Waals surface area contributed by atoms with Gasteiger partial charge in [0.05, 0.1) is 11.4 Å². The molecule has 4 heteroatoms. The summed E-state index contributed by atoms with van der Waals surface area (Å²) in [7, 11) is -1.16. The third-order valence-corrected chi connectivity index (χ3v) is 20.2. The molecule has 0 unspecified atom stereocenters. The highest BCUT2D eigenvalue weighted by atomic mass is 31.1. The van der Waals surface area contributed by atoms with Gasteiger partial charge in [0.1, 0.15) is 0 Å². The summed E-state index contributed by atoms with van der Waals surface area (Å²) in [6.45, 7) is 0. The quantitative estimate of drug-likeness (QED) is 0.182. The molecule has 8 aliphatic carbocycles. The van der Waals surface area contributed by atoms with Crippen LogP contribution in [0.25, 0.3) is 0 Å². The van der Waals surface area contributed by atoms with Crippen molar-refractivity contribution in [3.8, 4) is 11.5 Å². The Morgan fingerprint density at radius 2 is 0.854 bits per heavy atom. The van der Waals surface area contributed by atoms with E-state index in [9.17, 15) is 0 Å². The van der Waals surface area contributed by atoms with Gasteiger partial charge in [-0.2, -0.15) is 0 Å². The Morgan fingerprint density at radius 3 is 1.29 bits per heavy atom. The number of fused-ring (bicyclic) bond motifs is 2. The van der Waals surface area contributed by atoms with Gasteiger partial charge in [0, 0.05) is 10.6 Å². The van der Waals surface area contributed by atoms with Crippen molar-refractivity contribution in [2.75, 3.05) is 5.32 Å². The van der Waals surface area contributed by atoms with Crippen LogP contribution in [0.4, 0.5) is 11.4 Å². The number of hydrogen-bond donors (Lipinski definition) is 1. The van der Waals surface area contributed by atoms with Crippen molar-refractivity contribution in [2.24, 2.45) is 35.5 Å². The molecule has 1 N–H and O–H groups in total. The third kappa shape index (κ3) is 4.50. The van der Waals surface area contributed by atoms with Crippen LogP contribution >= 0.6 is 15.8 Å². The minimum Gasteiger partial charge on any atom is -0.452 e. The van der Waals surface area contributed by atoms with Crippen LogP contribution in [0.15, 0.2) is 97.1 Å². The average Bonchev–Trinajstić information content (AvgIpc) is 3.07. The smallest absolute Gasteiger partial charge is 0.159 e. The SMILES string of the molecule is c1ccc(P(c2ccccc2)c2cccc3c2Oc2c(cccc2P(C24CC5CC(CC(C5)C2)C4)C24CC5CC(CC(C5)C2)C4)N3)cc1. The zero-order valence-corrected chi connectivity index (χ0v) is 29.8. The molecule has 0 saturated heterocycles. The fourth-order valence-electron chi connectivity index (χ4n) is 13.3. The third-order valence-electron chi connectivity index (χ3n) is 13.9. The van der Waals surface area contributed by atoms with E-state index in [1.807, 2.05) is 0 Å². The first-order valence-corrected chi connectivity index (χ1v) is 21.7. The molecule has 4 aromatic rings. The molecule has 244 valence electrons. The lowest BCUT2D eigenvalue weighted by Gasteiger charge is -2.67. The highest BCUT2D eigenvalue weighted by molar-refractivity contribution is 7.80. The lowest BCUT2D eigenvalue weighted by Crippen LogP contribution is -2.58. The number of benzene rings is 4. The minimum absolute atomic E-state index is 0.380. The number of hydrogen-bond acceptors (Lipinski definition) is 2. The Balaban J connectivity index is 1.07. The molecule has 8 bridgehead atoms. The molecule has 0 spiro atoms. The Labute approximate surface area is 289 Å². The van der Waals surface area contributed by atoms with Gasteiger partial charge in [-0.3, -0.25) is 0 Å². The van der Waals surface area contributed by atoms with E-state index in [1.165, 1.54) is 104 Å². The van der Waals surface area contributed by atoms with E-state index in [-0.39, 0.29) is 7.92 Å². The van der Waals surface area contributed by atoms with Gasteiger partial charge in [-0.25, -0.2) is 0 Å². The standard InChI is InChI=1S/C44H47NOP2/c1-3-9-35(10-4-1)47(36-11-5-2-6-12-36)39-15-7-13-37-41(39)46-42-38(45-37)14-8-16-40(42)48(43-23-29-17-30(24-43)19-31(18-29)25-43)44-26-32-20-33(27-44)22-34(21-32)28-44/h1-16,29-34,45H,17-28H2. The van der Waals surface area contributed by atoms with Crippen LogP contribution in [-0.4, -0.2) is 10.3 Å². The molecular formula is C44H47NOP2. The molecule has 2 nitrogen and oxygen atoms in total. The maximum atomic E-state index is 7.54. The summed E-state index contributed by atoms with van der Waals surface area (Å²) in [5.74, 6) is 8.08. The zero-order chi connectivity index (χ0) is 31.5. The lowest BCUT2D eigenvalue weighted by molar-refractivity contribution is 0.0195. The number of rotatable bonds is 6. The Kier molecular flexibility index (Phi) is 6.62. The van der Waals surface area contributed by atoms with Crippen molar-refractivity contribution >= 4 is 48.4 Å². The lowest BCUT2D eigenvalue weighted by atomic mass is 9.55. The summed E-state index contributed by atoms with van der Waals surface area (Å²) in [5.41, 5.74) is 2.31. The Bertz CT molecular complexity index is 1720. The topological polar surface area (TPSA) is 21.3 Å². The normalized spacial score (nSPS) is 35.5. The van der Waals surface area contributed by atoms with Crippen LogP contribution in [0.5, 0.6) is 11.5 Å². The predicted octanol–water partition coefficient (Wildman–Crippen LogP) is 10.3. The van der Waals surface area contributed by atoms with Crippen LogP contribution in [0.3, 0.4) is 0 Å². The first-order chi connectivity index (χ1) is 23.6. The Hall–Kier alpha value is -2.66. The second-order valence-electron chi connectivity index (χ2n) is 17.2. The fraction of sp³-hybridized carbons (Fsp3) is 0.455. The maximum Gasteiger partial charge on any atom is 0.159 e. The number of ether oxygens (including phenoxy) is 1. The summed E-state index contributed by atoms with van der Waals surface area (Å²) in [4.78, 5) is 0. The van der Waals surface area contributed by atoms with Crippen LogP contribution in [0.1, 0.15) is 77.0 Å². The largest absolute Gasteiger partial charge is 0.452 e. The molecule has 0 atom stereocenters. The molecule has 0 radical (unpaired) electrons. The van der Waals surface area contributed by atoms with E-state index in [1.54, 1.807) is 5.30 Å². The maximum absolute atomic E-state index is 7.54. The summed E-state index contributed by atoms with van der Waals surface area (Å²) < 4.78 is 7.54. The van der Waals surface area contributed by atoms with Gasteiger partial charge in [0.25, 0.3) is 0 Å². The molecule has 1 heterocycles. The van der Waals surface area contributed by atoms with E-state index >= 15 is 0 Å². The monoisotopic (exact) mass is 667 g/mol. The average molecular weight is 668 g/mol.